The molecule has 0 aliphatic rings. The Morgan fingerprint density at radius 3 is 2.86 bits per heavy atom. The molecule has 0 aliphatic heterocycles. The number of para-hydroxylation sites is 1. The third-order valence-corrected chi connectivity index (χ3v) is 6.28. The Morgan fingerprint density at radius 2 is 2.11 bits per heavy atom. The molecule has 3 N–H and O–H groups in total. The number of benzene rings is 1. The van der Waals surface area contributed by atoms with Gasteiger partial charge in [0.15, 0.2) is 5.82 Å². The van der Waals surface area contributed by atoms with Gasteiger partial charge in [-0.25, -0.2) is 4.99 Å². The van der Waals surface area contributed by atoms with Crippen molar-refractivity contribution in [3.05, 3.63) is 47.2 Å². The molecule has 186 valence electrons. The zero-order chi connectivity index (χ0) is 25.2. The highest BCUT2D eigenvalue weighted by molar-refractivity contribution is 9.11. The summed E-state index contributed by atoms with van der Waals surface area (Å²) in [5.41, 5.74) is 9.03. The predicted octanol–water partition coefficient (Wildman–Crippen LogP) is 5.26. The summed E-state index contributed by atoms with van der Waals surface area (Å²) in [6.45, 7) is 4.79. The van der Waals surface area contributed by atoms with E-state index < -0.39 is 0 Å². The Labute approximate surface area is 214 Å². The summed E-state index contributed by atoms with van der Waals surface area (Å²) in [4.78, 5) is 21.0. The van der Waals surface area contributed by atoms with Crippen LogP contribution < -0.4 is 11.1 Å². The lowest BCUT2D eigenvalue weighted by Gasteiger charge is -2.14. The van der Waals surface area contributed by atoms with Crippen molar-refractivity contribution in [2.24, 2.45) is 16.6 Å². The van der Waals surface area contributed by atoms with Gasteiger partial charge in [-0.1, -0.05) is 47.5 Å². The van der Waals surface area contributed by atoms with Crippen LogP contribution in [-0.4, -0.2) is 47.1 Å². The fourth-order valence-corrected chi connectivity index (χ4v) is 3.99. The molecule has 0 saturated carbocycles. The molecule has 0 aliphatic carbocycles. The average Bonchev–Trinajstić information content (AvgIpc) is 3.28. The molecule has 1 amide bonds. The van der Waals surface area contributed by atoms with E-state index in [-0.39, 0.29) is 12.5 Å². The molecule has 0 saturated heterocycles. The second-order valence-corrected chi connectivity index (χ2v) is 9.55. The largest absolute Gasteiger partial charge is 0.383 e. The number of carbonyl (C=O) groups is 1. The van der Waals surface area contributed by atoms with Crippen molar-refractivity contribution in [1.29, 1.82) is 0 Å². The normalized spacial score (nSPS) is 13.3. The molecule has 1 unspecified atom stereocenters. The van der Waals surface area contributed by atoms with Gasteiger partial charge in [0.25, 0.3) is 0 Å². The molecule has 0 spiro atoms. The van der Waals surface area contributed by atoms with Gasteiger partial charge in [-0.05, 0) is 44.2 Å². The van der Waals surface area contributed by atoms with E-state index in [1.807, 2.05) is 43.6 Å². The number of rotatable bonds is 12. The molecule has 0 radical (unpaired) electrons. The molecule has 8 nitrogen and oxygen atoms in total. The lowest BCUT2D eigenvalue weighted by molar-refractivity contribution is -0.124. The summed E-state index contributed by atoms with van der Waals surface area (Å²) in [5.74, 6) is 1.56. The first-order chi connectivity index (χ1) is 16.9. The van der Waals surface area contributed by atoms with Crippen LogP contribution in [0, 0.1) is 5.92 Å². The van der Waals surface area contributed by atoms with Crippen molar-refractivity contribution in [1.82, 2.24) is 20.1 Å². The molecular weight excluding hydrogens is 508 g/mol. The minimum absolute atomic E-state index is 0.0828. The van der Waals surface area contributed by atoms with Gasteiger partial charge in [0.1, 0.15) is 12.4 Å². The SMILES string of the molecule is CCC(CC/C=N/c1c(-c2cnc3ccccc3c2)cnn1/C(N)=C(\C)Br)CCNC(=O)COC. The molecule has 2 aromatic heterocycles. The number of amides is 1. The third kappa shape index (κ3) is 7.22. The summed E-state index contributed by atoms with van der Waals surface area (Å²) in [6, 6.07) is 10.1. The van der Waals surface area contributed by atoms with E-state index in [0.29, 0.717) is 24.1 Å². The number of nitrogens with zero attached hydrogens (tertiary/aromatic N) is 4. The van der Waals surface area contributed by atoms with E-state index in [2.05, 4.69) is 44.3 Å². The molecule has 1 aromatic carbocycles. The number of nitrogens with two attached hydrogens (primary N) is 1. The number of hydrogen-bond acceptors (Lipinski definition) is 6. The molecule has 9 heteroatoms. The number of ether oxygens (including phenoxy) is 1. The molecule has 3 rings (SSSR count). The highest BCUT2D eigenvalue weighted by Crippen LogP contribution is 2.33. The first-order valence-corrected chi connectivity index (χ1v) is 12.6. The molecule has 1 atom stereocenters. The van der Waals surface area contributed by atoms with Crippen LogP contribution in [0.25, 0.3) is 27.9 Å². The number of methoxy groups -OCH3 is 1. The minimum Gasteiger partial charge on any atom is -0.383 e. The van der Waals surface area contributed by atoms with Crippen LogP contribution in [0.15, 0.2) is 52.2 Å². The average molecular weight is 541 g/mol. The van der Waals surface area contributed by atoms with Gasteiger partial charge < -0.3 is 15.8 Å². The quantitative estimate of drug-likeness (QED) is 0.304. The van der Waals surface area contributed by atoms with Crippen LogP contribution >= 0.6 is 15.9 Å². The summed E-state index contributed by atoms with van der Waals surface area (Å²) < 4.78 is 7.28. The number of halogens is 1. The van der Waals surface area contributed by atoms with Crippen LogP contribution in [0.2, 0.25) is 0 Å². The Kier molecular flexibility index (Phi) is 9.98. The summed E-state index contributed by atoms with van der Waals surface area (Å²) in [7, 11) is 1.52. The van der Waals surface area contributed by atoms with E-state index in [0.717, 1.165) is 52.2 Å². The second kappa shape index (κ2) is 13.2. The zero-order valence-electron chi connectivity index (χ0n) is 20.5. The monoisotopic (exact) mass is 540 g/mol. The maximum atomic E-state index is 11.6. The van der Waals surface area contributed by atoms with Crippen LogP contribution in [0.5, 0.6) is 0 Å². The topological polar surface area (TPSA) is 107 Å². The van der Waals surface area contributed by atoms with Gasteiger partial charge in [-0.2, -0.15) is 9.78 Å². The van der Waals surface area contributed by atoms with Crippen molar-refractivity contribution in [2.45, 2.75) is 39.5 Å². The van der Waals surface area contributed by atoms with Gasteiger partial charge >= 0.3 is 0 Å². The molecule has 2 heterocycles. The van der Waals surface area contributed by atoms with Crippen molar-refractivity contribution in [3.63, 3.8) is 0 Å². The van der Waals surface area contributed by atoms with Gasteiger partial charge in [-0.3, -0.25) is 9.78 Å². The Bertz CT molecular complexity index is 1200. The number of carbonyl (C=O) groups excluding carboxylic acids is 1. The third-order valence-electron chi connectivity index (χ3n) is 5.87. The van der Waals surface area contributed by atoms with Crippen LogP contribution in [0.3, 0.4) is 0 Å². The summed E-state index contributed by atoms with van der Waals surface area (Å²) in [6.07, 6.45) is 9.29. The first kappa shape index (κ1) is 26.6. The number of allylic oxidation sites excluding steroid dienone is 1. The van der Waals surface area contributed by atoms with Gasteiger partial charge in [0.2, 0.25) is 5.91 Å². The minimum atomic E-state index is -0.0828. The Hall–Kier alpha value is -3.04. The number of hydrogen-bond donors (Lipinski definition) is 2. The standard InChI is InChI=1S/C26H33BrN6O2/c1-4-19(11-13-29-24(34)17-35-3)8-7-12-30-26-22(16-32-33(26)25(28)18(2)27)21-14-20-9-5-6-10-23(20)31-15-21/h5-6,9-10,12,14-16,19H,4,7-8,11,13,17,28H2,1-3H3,(H,29,34)/b25-18+,30-12+. The van der Waals surface area contributed by atoms with Crippen molar-refractivity contribution < 1.29 is 9.53 Å². The predicted molar refractivity (Wildman–Crippen MR) is 146 cm³/mol. The number of aromatic nitrogens is 3. The fourth-order valence-electron chi connectivity index (χ4n) is 3.82. The molecule has 0 bridgehead atoms. The van der Waals surface area contributed by atoms with Gasteiger partial charge in [-0.15, -0.1) is 0 Å². The van der Waals surface area contributed by atoms with E-state index in [1.54, 1.807) is 10.9 Å². The van der Waals surface area contributed by atoms with Crippen LogP contribution in [0.4, 0.5) is 5.82 Å². The summed E-state index contributed by atoms with van der Waals surface area (Å²) >= 11 is 3.45. The van der Waals surface area contributed by atoms with Crippen LogP contribution in [-0.2, 0) is 9.53 Å². The lowest BCUT2D eigenvalue weighted by Crippen LogP contribution is -2.29. The molecular formula is C26H33BrN6O2. The Morgan fingerprint density at radius 1 is 1.31 bits per heavy atom. The maximum absolute atomic E-state index is 11.6. The molecule has 0 fully saturated rings. The van der Waals surface area contributed by atoms with Crippen molar-refractivity contribution >= 4 is 50.6 Å². The highest BCUT2D eigenvalue weighted by atomic mass is 79.9. The van der Waals surface area contributed by atoms with E-state index in [1.165, 1.54) is 7.11 Å². The zero-order valence-corrected chi connectivity index (χ0v) is 22.1. The summed E-state index contributed by atoms with van der Waals surface area (Å²) in [5, 5.41) is 8.45. The van der Waals surface area contributed by atoms with Gasteiger partial charge in [0.05, 0.1) is 11.7 Å². The number of nitrogens with one attached hydrogen (secondary N) is 1. The second-order valence-electron chi connectivity index (χ2n) is 8.36. The maximum Gasteiger partial charge on any atom is 0.245 e. The first-order valence-electron chi connectivity index (χ1n) is 11.8. The highest BCUT2D eigenvalue weighted by Gasteiger charge is 2.15. The Balaban J connectivity index is 1.76. The van der Waals surface area contributed by atoms with E-state index in [4.69, 9.17) is 15.5 Å². The van der Waals surface area contributed by atoms with Gasteiger partial charge in [0, 0.05) is 47.1 Å². The van der Waals surface area contributed by atoms with Crippen molar-refractivity contribution in [2.75, 3.05) is 20.3 Å². The fraction of sp³-hybridized carbons (Fsp3) is 0.385. The number of fused-ring (bicyclic) bond motifs is 1. The van der Waals surface area contributed by atoms with Crippen LogP contribution in [0.1, 0.15) is 39.5 Å². The van der Waals surface area contributed by atoms with E-state index in [9.17, 15) is 4.79 Å². The number of aliphatic imine (C=N–C) groups is 1. The number of pyridine rings is 1. The lowest BCUT2D eigenvalue weighted by atomic mass is 9.97. The van der Waals surface area contributed by atoms with Crippen molar-refractivity contribution in [3.8, 4) is 11.1 Å². The molecule has 35 heavy (non-hydrogen) atoms. The van der Waals surface area contributed by atoms with E-state index >= 15 is 0 Å². The molecule has 3 aromatic rings. The smallest absolute Gasteiger partial charge is 0.245 e.